The minimum absolute atomic E-state index is 0.954. The Balaban J connectivity index is 5.45. The van der Waals surface area contributed by atoms with E-state index < -0.39 is 7.67 Å². The Bertz CT molecular complexity index is 224. The van der Waals surface area contributed by atoms with E-state index in [2.05, 4.69) is 107 Å². The molecule has 17 heavy (non-hydrogen) atoms. The molecule has 0 aromatic rings. The van der Waals surface area contributed by atoms with E-state index in [9.17, 15) is 0 Å². The first-order valence-electron chi connectivity index (χ1n) is 6.76. The Morgan fingerprint density at radius 1 is 0.706 bits per heavy atom. The van der Waals surface area contributed by atoms with Gasteiger partial charge in [-0.1, -0.05) is 60.8 Å². The van der Waals surface area contributed by atoms with Crippen LogP contribution in [0, 0.1) is 0 Å². The van der Waals surface area contributed by atoms with Crippen molar-refractivity contribution >= 4 is 73.1 Å². The van der Waals surface area contributed by atoms with Crippen LogP contribution in [0.1, 0.15) is 60.8 Å². The normalized spacial score (nSPS) is 21.7. The number of hydrogen-bond acceptors (Lipinski definition) is 0. The average Bonchev–Trinajstić information content (AvgIpc) is 2.33. The second-order valence-corrected chi connectivity index (χ2v) is 46.8. The molecule has 3 unspecified atom stereocenters. The Morgan fingerprint density at radius 2 is 1.00 bits per heavy atom. The first kappa shape index (κ1) is 19.6. The summed E-state index contributed by atoms with van der Waals surface area (Å²) in [5.74, 6) is 0. The summed E-state index contributed by atoms with van der Waals surface area (Å²) in [7, 11) is 0. The van der Waals surface area contributed by atoms with E-state index in [1.807, 2.05) is 0 Å². The monoisotopic (exact) mass is 608 g/mol. The summed E-state index contributed by atoms with van der Waals surface area (Å²) in [6.07, 6.45) is 4.11. The summed E-state index contributed by atoms with van der Waals surface area (Å²) in [6, 6.07) is 0. The molecule has 0 amide bonds. The van der Waals surface area contributed by atoms with Crippen molar-refractivity contribution in [3.63, 3.8) is 0 Å². The minimum atomic E-state index is -1.19. The number of halogens is 3. The van der Waals surface area contributed by atoms with Gasteiger partial charge in [0.15, 0.2) is 2.58 Å². The second kappa shape index (κ2) is 8.16. The van der Waals surface area contributed by atoms with Crippen molar-refractivity contribution in [3.05, 3.63) is 0 Å². The van der Waals surface area contributed by atoms with Gasteiger partial charge in [-0.05, 0) is 16.6 Å². The molecule has 0 aromatic heterocycles. The molecule has 0 aliphatic heterocycles. The third-order valence-electron chi connectivity index (χ3n) is 4.40. The van der Waals surface area contributed by atoms with Gasteiger partial charge in [0.25, 0.3) is 0 Å². The molecule has 0 saturated carbocycles. The van der Waals surface area contributed by atoms with Crippen LogP contribution in [0.15, 0.2) is 0 Å². The fourth-order valence-electron chi connectivity index (χ4n) is 2.37. The quantitative estimate of drug-likeness (QED) is 0.164. The molecule has 0 radical (unpaired) electrons. The predicted octanol–water partition coefficient (Wildman–Crippen LogP) is 7.16. The second-order valence-electron chi connectivity index (χ2n) is 5.32. The van der Waals surface area contributed by atoms with Gasteiger partial charge in [0.1, 0.15) is 5.09 Å². The fraction of sp³-hybridized carbons (Fsp3) is 1.00. The SMILES string of the molecule is CCC(C)[Si](I)(I)[Si](I)(C(C)CC)C(C)CC. The standard InChI is InChI=1S/C12H27I3Si2/c1-7-10(4)16(13,11(5)8-2)17(14,15)12(6)9-3/h10-12H,7-9H2,1-6H3. The van der Waals surface area contributed by atoms with Gasteiger partial charge >= 0.3 is 0 Å². The highest BCUT2D eigenvalue weighted by atomic mass is 127. The molecule has 0 aliphatic carbocycles. The molecule has 3 atom stereocenters. The van der Waals surface area contributed by atoms with E-state index in [-0.39, 0.29) is 0 Å². The van der Waals surface area contributed by atoms with Gasteiger partial charge in [0.2, 0.25) is 0 Å². The van der Waals surface area contributed by atoms with Crippen LogP contribution in [-0.4, -0.2) is 7.67 Å². The van der Waals surface area contributed by atoms with Gasteiger partial charge in [0, 0.05) is 0 Å². The zero-order valence-electron chi connectivity index (χ0n) is 12.0. The Hall–Kier alpha value is 2.62. The van der Waals surface area contributed by atoms with E-state index in [1.54, 1.807) is 0 Å². The topological polar surface area (TPSA) is 0 Å². The van der Waals surface area contributed by atoms with Gasteiger partial charge in [0.05, 0.1) is 0 Å². The van der Waals surface area contributed by atoms with Crippen LogP contribution in [0.3, 0.4) is 0 Å². The maximum Gasteiger partial charge on any atom is 0.197 e. The Morgan fingerprint density at radius 3 is 1.24 bits per heavy atom. The smallest absolute Gasteiger partial charge is 0.120 e. The summed E-state index contributed by atoms with van der Waals surface area (Å²) in [6.45, 7) is 14.7. The van der Waals surface area contributed by atoms with Crippen LogP contribution in [0.25, 0.3) is 0 Å². The highest BCUT2D eigenvalue weighted by Gasteiger charge is 2.58. The van der Waals surface area contributed by atoms with Crippen molar-refractivity contribution in [1.82, 2.24) is 0 Å². The van der Waals surface area contributed by atoms with Crippen LogP contribution in [0.5, 0.6) is 0 Å². The maximum atomic E-state index is 2.99. The van der Waals surface area contributed by atoms with E-state index in [0.717, 1.165) is 16.6 Å². The lowest BCUT2D eigenvalue weighted by Gasteiger charge is -2.47. The zero-order chi connectivity index (χ0) is 13.9. The van der Waals surface area contributed by atoms with Crippen LogP contribution >= 0.6 is 65.4 Å². The van der Waals surface area contributed by atoms with Crippen molar-refractivity contribution in [1.29, 1.82) is 0 Å². The summed E-state index contributed by atoms with van der Waals surface area (Å²) < 4.78 is -1.16. The van der Waals surface area contributed by atoms with E-state index in [0.29, 0.717) is 0 Å². The van der Waals surface area contributed by atoms with Gasteiger partial charge in [-0.15, -0.1) is 65.4 Å². The fourth-order valence-corrected chi connectivity index (χ4v) is 44.4. The molecule has 5 heteroatoms. The molecule has 0 nitrogen and oxygen atoms in total. The molecule has 0 aliphatic rings. The maximum absolute atomic E-state index is 2.99. The highest BCUT2D eigenvalue weighted by molar-refractivity contribution is 14.3. The average molecular weight is 608 g/mol. The van der Waals surface area contributed by atoms with Crippen LogP contribution in [-0.2, 0) is 0 Å². The first-order chi connectivity index (χ1) is 7.69. The summed E-state index contributed by atoms with van der Waals surface area (Å²) in [4.78, 5) is 0. The van der Waals surface area contributed by atoms with Crippen molar-refractivity contribution < 1.29 is 0 Å². The predicted molar refractivity (Wildman–Crippen MR) is 113 cm³/mol. The third-order valence-corrected chi connectivity index (χ3v) is 73.3. The van der Waals surface area contributed by atoms with Crippen molar-refractivity contribution in [2.24, 2.45) is 0 Å². The highest BCUT2D eigenvalue weighted by Crippen LogP contribution is 2.57. The van der Waals surface area contributed by atoms with Crippen LogP contribution < -0.4 is 0 Å². The van der Waals surface area contributed by atoms with Crippen LogP contribution in [0.2, 0.25) is 16.6 Å². The molecule has 0 N–H and O–H groups in total. The number of rotatable bonds is 7. The molecule has 0 bridgehead atoms. The van der Waals surface area contributed by atoms with Gasteiger partial charge in [-0.2, -0.15) is 0 Å². The molecule has 104 valence electrons. The van der Waals surface area contributed by atoms with E-state index >= 15 is 0 Å². The van der Waals surface area contributed by atoms with Crippen molar-refractivity contribution in [2.45, 2.75) is 77.4 Å². The van der Waals surface area contributed by atoms with Gasteiger partial charge in [-0.25, -0.2) is 0 Å². The lowest BCUT2D eigenvalue weighted by Crippen LogP contribution is -2.57. The lowest BCUT2D eigenvalue weighted by molar-refractivity contribution is 0.787. The summed E-state index contributed by atoms with van der Waals surface area (Å²) in [5.41, 5.74) is 2.88. The van der Waals surface area contributed by atoms with Gasteiger partial charge < -0.3 is 0 Å². The Kier molecular flexibility index (Phi) is 9.42. The van der Waals surface area contributed by atoms with Crippen LogP contribution in [0.4, 0.5) is 0 Å². The zero-order valence-corrected chi connectivity index (χ0v) is 20.5. The molecular weight excluding hydrogens is 581 g/mol. The van der Waals surface area contributed by atoms with Crippen molar-refractivity contribution in [3.8, 4) is 0 Å². The largest absolute Gasteiger partial charge is 0.197 e. The molecule has 0 fully saturated rings. The molecule has 0 aromatic carbocycles. The molecule has 0 heterocycles. The molecule has 0 rings (SSSR count). The summed E-state index contributed by atoms with van der Waals surface area (Å²) in [5, 5.41) is -1.19. The third kappa shape index (κ3) is 4.06. The van der Waals surface area contributed by atoms with E-state index in [4.69, 9.17) is 0 Å². The van der Waals surface area contributed by atoms with Crippen molar-refractivity contribution in [2.75, 3.05) is 0 Å². The minimum Gasteiger partial charge on any atom is -0.120 e. The molecular formula is C12H27I3Si2. The molecule has 0 spiro atoms. The molecule has 0 saturated heterocycles. The Labute approximate surface area is 148 Å². The summed E-state index contributed by atoms with van der Waals surface area (Å²) >= 11 is 8.87. The number of hydrogen-bond donors (Lipinski definition) is 0. The van der Waals surface area contributed by atoms with Gasteiger partial charge in [-0.3, -0.25) is 0 Å². The van der Waals surface area contributed by atoms with E-state index in [1.165, 1.54) is 19.3 Å². The lowest BCUT2D eigenvalue weighted by atomic mass is 10.4. The first-order valence-corrected chi connectivity index (χ1v) is 21.3.